The maximum Gasteiger partial charge on any atom is 1.00 e. The number of aryl methyl sites for hydroxylation is 1. The zero-order chi connectivity index (χ0) is 25.7. The molecule has 0 aromatic heterocycles. The summed E-state index contributed by atoms with van der Waals surface area (Å²) < 4.78 is 33.0. The van der Waals surface area contributed by atoms with E-state index in [4.69, 9.17) is 14.5 Å². The number of epoxide rings is 1. The summed E-state index contributed by atoms with van der Waals surface area (Å²) in [5.41, 5.74) is 1.09. The molecule has 2 rings (SSSR count). The Hall–Kier alpha value is -1.50. The van der Waals surface area contributed by atoms with Crippen LogP contribution in [-0.4, -0.2) is 60.4 Å². The van der Waals surface area contributed by atoms with Crippen LogP contribution in [0.5, 0.6) is 5.75 Å². The second kappa shape index (κ2) is 23.3. The van der Waals surface area contributed by atoms with Crippen molar-refractivity contribution in [2.24, 2.45) is 0 Å². The summed E-state index contributed by atoms with van der Waals surface area (Å²) in [6, 6.07) is 7.67. The smallest absolute Gasteiger partial charge is 0.549 e. The number of aliphatic carboxylic acids is 2. The van der Waals surface area contributed by atoms with Crippen molar-refractivity contribution in [3.8, 4) is 5.75 Å². The van der Waals surface area contributed by atoms with Crippen LogP contribution in [0.2, 0.25) is 0 Å². The molecule has 1 atom stereocenters. The number of unbranched alkanes of at least 4 members (excludes halogenated alkanes) is 6. The first-order valence-electron chi connectivity index (χ1n) is 10.6. The van der Waals surface area contributed by atoms with Gasteiger partial charge in [-0.1, -0.05) is 63.6 Å². The summed E-state index contributed by atoms with van der Waals surface area (Å²) in [4.78, 5) is 27.9. The summed E-state index contributed by atoms with van der Waals surface area (Å²) >= 11 is 0. The van der Waals surface area contributed by atoms with Gasteiger partial charge in [-0.2, -0.15) is 8.42 Å². The molecule has 0 aliphatic carbocycles. The van der Waals surface area contributed by atoms with Crippen molar-refractivity contribution >= 4 is 28.8 Å². The fourth-order valence-electron chi connectivity index (χ4n) is 2.46. The molecule has 1 unspecified atom stereocenters. The maximum atomic E-state index is 10.2. The predicted molar refractivity (Wildman–Crippen MR) is 120 cm³/mol. The number of carboxylic acids is 2. The Morgan fingerprint density at radius 1 is 1.06 bits per heavy atom. The number of para-hydroxylation sites is 1. The third-order valence-electron chi connectivity index (χ3n) is 4.23. The maximum absolute atomic E-state index is 10.2. The number of carboxylic acid groups (broad SMARTS) is 2. The van der Waals surface area contributed by atoms with Gasteiger partial charge in [0, 0.05) is 0 Å². The van der Waals surface area contributed by atoms with E-state index in [-0.39, 0.29) is 29.6 Å². The minimum absolute atomic E-state index is 0. The van der Waals surface area contributed by atoms with Gasteiger partial charge in [-0.25, -0.2) is 0 Å². The van der Waals surface area contributed by atoms with Crippen molar-refractivity contribution in [1.29, 1.82) is 0 Å². The Kier molecular flexibility index (Phi) is 25.3. The Labute approximate surface area is 223 Å². The third-order valence-corrected chi connectivity index (χ3v) is 5.31. The molecule has 1 fully saturated rings. The number of aromatic hydroxyl groups is 1. The van der Waals surface area contributed by atoms with Gasteiger partial charge in [0.15, 0.2) is 0 Å². The molecule has 0 bridgehead atoms. The Balaban J connectivity index is -0.000000470. The van der Waals surface area contributed by atoms with Crippen LogP contribution in [0, 0.1) is 0 Å². The van der Waals surface area contributed by atoms with Crippen molar-refractivity contribution in [2.75, 3.05) is 13.2 Å². The van der Waals surface area contributed by atoms with Crippen LogP contribution in [0.15, 0.2) is 24.3 Å². The molecule has 0 amide bonds. The molecular weight excluding hydrogens is 479 g/mol. The summed E-state index contributed by atoms with van der Waals surface area (Å²) in [6.45, 7) is 6.25. The van der Waals surface area contributed by atoms with Gasteiger partial charge in [-0.15, -0.1) is 0 Å². The molecule has 0 radical (unpaired) electrons. The van der Waals surface area contributed by atoms with E-state index >= 15 is 0 Å². The molecule has 190 valence electrons. The fourth-order valence-corrected chi connectivity index (χ4v) is 3.06. The van der Waals surface area contributed by atoms with E-state index in [1.165, 1.54) is 44.9 Å². The predicted octanol–water partition coefficient (Wildman–Crippen LogP) is -1.01. The van der Waals surface area contributed by atoms with Crippen LogP contribution in [0.3, 0.4) is 0 Å². The molecule has 1 aliphatic heterocycles. The zero-order valence-corrected chi connectivity index (χ0v) is 22.8. The largest absolute Gasteiger partial charge is 1.00 e. The number of carbonyl (C=O) groups excluding carboxylic acids is 2. The summed E-state index contributed by atoms with van der Waals surface area (Å²) in [7, 11) is -4.90. The monoisotopic (exact) mass is 514 g/mol. The molecule has 1 aromatic rings. The average molecular weight is 515 g/mol. The van der Waals surface area contributed by atoms with Crippen molar-refractivity contribution in [3.05, 3.63) is 29.8 Å². The molecule has 10 nitrogen and oxygen atoms in total. The molecule has 34 heavy (non-hydrogen) atoms. The van der Waals surface area contributed by atoms with Gasteiger partial charge >= 0.3 is 35.5 Å². The number of ether oxygens (including phenoxy) is 1. The first-order valence-corrected chi connectivity index (χ1v) is 12.1. The van der Waals surface area contributed by atoms with Crippen LogP contribution in [-0.2, 0) is 35.7 Å². The molecule has 3 N–H and O–H groups in total. The van der Waals surface area contributed by atoms with E-state index in [0.29, 0.717) is 5.75 Å². The van der Waals surface area contributed by atoms with Crippen molar-refractivity contribution in [1.82, 2.24) is 0 Å². The number of phenolic OH excluding ortho intramolecular Hbond substituents is 1. The summed E-state index contributed by atoms with van der Waals surface area (Å²) in [5.74, 6) is -3.34. The van der Waals surface area contributed by atoms with Gasteiger partial charge < -0.3 is 29.6 Å². The molecule has 0 saturated carbocycles. The number of hydrogen-bond acceptors (Lipinski definition) is 8. The average Bonchev–Trinajstić information content (AvgIpc) is 3.63. The van der Waals surface area contributed by atoms with Gasteiger partial charge in [0.2, 0.25) is 0 Å². The molecular formula is C22H35NaO10S. The van der Waals surface area contributed by atoms with E-state index in [0.717, 1.165) is 25.2 Å². The van der Waals surface area contributed by atoms with E-state index < -0.39 is 33.7 Å². The Morgan fingerprint density at radius 2 is 1.53 bits per heavy atom. The normalized spacial score (nSPS) is 12.1. The van der Waals surface area contributed by atoms with Crippen LogP contribution >= 0.6 is 0 Å². The third kappa shape index (κ3) is 23.7. The van der Waals surface area contributed by atoms with Crippen molar-refractivity contribution < 1.29 is 77.0 Å². The van der Waals surface area contributed by atoms with Crippen molar-refractivity contribution in [3.63, 3.8) is 0 Å². The molecule has 1 saturated heterocycles. The number of hydrogen-bond donors (Lipinski definition) is 3. The van der Waals surface area contributed by atoms with Crippen molar-refractivity contribution in [2.45, 2.75) is 70.0 Å². The zero-order valence-electron chi connectivity index (χ0n) is 20.0. The molecule has 12 heteroatoms. The van der Waals surface area contributed by atoms with Gasteiger partial charge in [0.25, 0.3) is 10.1 Å². The van der Waals surface area contributed by atoms with Gasteiger partial charge in [0.05, 0.1) is 25.6 Å². The molecule has 1 heterocycles. The minimum atomic E-state index is -4.90. The molecule has 1 aromatic carbocycles. The van der Waals surface area contributed by atoms with E-state index in [9.17, 15) is 28.2 Å². The van der Waals surface area contributed by atoms with Crippen LogP contribution in [0.4, 0.5) is 0 Å². The van der Waals surface area contributed by atoms with Gasteiger partial charge in [-0.3, -0.25) is 9.35 Å². The number of phenols is 1. The standard InChI is InChI=1S/C15H24O.C4H6O7S.C2H4O.CH2O.Na/c1-2-3-4-5-6-7-8-11-14-12-9-10-13-15(14)16;5-3(6)1-2(4(7)8)12(9,10)11;1-2-3-1;1-2;/h9-10,12-13,16H,2-8,11H2,1H3;2H,1H2,(H,5,6)(H,7,8)(H,9,10,11);1-2H2;1H2;/q;;;;+1/p-1. The summed E-state index contributed by atoms with van der Waals surface area (Å²) in [6.07, 6.45) is 9.07. The Morgan fingerprint density at radius 3 is 1.88 bits per heavy atom. The van der Waals surface area contributed by atoms with Crippen LogP contribution in [0.25, 0.3) is 0 Å². The molecule has 0 spiro atoms. The number of carbonyl (C=O) groups is 3. The summed E-state index contributed by atoms with van der Waals surface area (Å²) in [5, 5.41) is 25.2. The minimum Gasteiger partial charge on any atom is -0.549 e. The molecule has 1 aliphatic rings. The van der Waals surface area contributed by atoms with Gasteiger partial charge in [0.1, 0.15) is 17.8 Å². The second-order valence-electron chi connectivity index (χ2n) is 7.03. The van der Waals surface area contributed by atoms with E-state index in [1.807, 2.05) is 25.0 Å². The van der Waals surface area contributed by atoms with Gasteiger partial charge in [-0.05, 0) is 24.5 Å². The quantitative estimate of drug-likeness (QED) is 0.135. The number of benzene rings is 1. The first kappa shape index (κ1) is 37.1. The fraction of sp³-hybridized carbons (Fsp3) is 0.591. The van der Waals surface area contributed by atoms with Crippen LogP contribution in [0.1, 0.15) is 63.9 Å². The van der Waals surface area contributed by atoms with E-state index in [1.54, 1.807) is 6.07 Å². The second-order valence-corrected chi connectivity index (χ2v) is 8.63. The topological polar surface area (TPSA) is 182 Å². The SMILES string of the molecule is C1CO1.C=O.CCCCCCCCCc1ccccc1O.O=C(O)CC(C(=O)[O-])S(=O)(=O)O.[Na+]. The first-order chi connectivity index (χ1) is 15.6. The number of rotatable bonds is 12. The van der Waals surface area contributed by atoms with E-state index in [2.05, 4.69) is 11.7 Å². The Bertz CT molecular complexity index is 766. The van der Waals surface area contributed by atoms with Crippen LogP contribution < -0.4 is 34.7 Å².